The Balaban J connectivity index is 1.74. The molecule has 0 radical (unpaired) electrons. The highest BCUT2D eigenvalue weighted by Gasteiger charge is 2.39. The van der Waals surface area contributed by atoms with Crippen LogP contribution in [0.1, 0.15) is 25.7 Å². The summed E-state index contributed by atoms with van der Waals surface area (Å²) in [7, 11) is 0. The van der Waals surface area contributed by atoms with Crippen molar-refractivity contribution in [3.63, 3.8) is 0 Å². The normalized spacial score (nSPS) is 36.5. The predicted octanol–water partition coefficient (Wildman–Crippen LogP) is 2.20. The number of fused-ring (bicyclic) bond motifs is 2. The molecule has 0 aromatic carbocycles. The first kappa shape index (κ1) is 9.32. The molecular formula is C10H15ClO2. The maximum absolute atomic E-state index is 10.8. The van der Waals surface area contributed by atoms with Crippen molar-refractivity contribution >= 4 is 17.6 Å². The van der Waals surface area contributed by atoms with Crippen LogP contribution >= 0.6 is 11.6 Å². The number of alkyl halides is 1. The van der Waals surface area contributed by atoms with Gasteiger partial charge in [0, 0.05) is 0 Å². The second-order valence-electron chi connectivity index (χ2n) is 4.25. The zero-order chi connectivity index (χ0) is 9.26. The van der Waals surface area contributed by atoms with Crippen molar-refractivity contribution in [1.82, 2.24) is 0 Å². The minimum atomic E-state index is -0.274. The van der Waals surface area contributed by atoms with Gasteiger partial charge in [0.15, 0.2) is 0 Å². The molecule has 2 aliphatic rings. The Morgan fingerprint density at radius 3 is 2.77 bits per heavy atom. The van der Waals surface area contributed by atoms with E-state index >= 15 is 0 Å². The van der Waals surface area contributed by atoms with E-state index in [-0.39, 0.29) is 11.8 Å². The topological polar surface area (TPSA) is 26.3 Å². The Morgan fingerprint density at radius 1 is 1.38 bits per heavy atom. The maximum Gasteiger partial charge on any atom is 0.320 e. The van der Waals surface area contributed by atoms with Gasteiger partial charge >= 0.3 is 5.97 Å². The first-order valence-corrected chi connectivity index (χ1v) is 5.54. The number of hydrogen-bond donors (Lipinski definition) is 0. The highest BCUT2D eigenvalue weighted by atomic mass is 35.5. The molecule has 2 bridgehead atoms. The summed E-state index contributed by atoms with van der Waals surface area (Å²) in [5.41, 5.74) is 0. The molecule has 2 saturated carbocycles. The largest absolute Gasteiger partial charge is 0.464 e. The zero-order valence-corrected chi connectivity index (χ0v) is 8.43. The molecule has 2 fully saturated rings. The van der Waals surface area contributed by atoms with Gasteiger partial charge in [0.05, 0.1) is 6.61 Å². The van der Waals surface area contributed by atoms with Crippen LogP contribution in [0.5, 0.6) is 0 Å². The molecule has 2 aliphatic carbocycles. The third-order valence-electron chi connectivity index (χ3n) is 3.45. The van der Waals surface area contributed by atoms with E-state index in [9.17, 15) is 4.79 Å². The molecule has 0 spiro atoms. The lowest BCUT2D eigenvalue weighted by molar-refractivity contribution is -0.142. The third-order valence-corrected chi connectivity index (χ3v) is 3.67. The highest BCUT2D eigenvalue weighted by molar-refractivity contribution is 6.26. The van der Waals surface area contributed by atoms with Crippen LogP contribution in [-0.2, 0) is 9.53 Å². The summed E-state index contributed by atoms with van der Waals surface area (Å²) in [5, 5.41) is 0. The molecule has 0 N–H and O–H groups in total. The quantitative estimate of drug-likeness (QED) is 0.518. The van der Waals surface area contributed by atoms with E-state index in [1.807, 2.05) is 0 Å². The molecule has 0 amide bonds. The molecule has 74 valence electrons. The standard InChI is InChI=1S/C10H15ClO2/c11-5-10(12)13-6-9-4-7-1-2-8(9)3-7/h7-9H,1-6H2. The van der Waals surface area contributed by atoms with Crippen molar-refractivity contribution in [2.45, 2.75) is 25.7 Å². The van der Waals surface area contributed by atoms with Crippen LogP contribution < -0.4 is 0 Å². The number of rotatable bonds is 3. The zero-order valence-electron chi connectivity index (χ0n) is 7.67. The number of hydrogen-bond acceptors (Lipinski definition) is 2. The van der Waals surface area contributed by atoms with E-state index in [2.05, 4.69) is 0 Å². The average molecular weight is 203 g/mol. The number of carbonyl (C=O) groups is 1. The molecule has 2 rings (SSSR count). The van der Waals surface area contributed by atoms with Gasteiger partial charge in [-0.3, -0.25) is 4.79 Å². The van der Waals surface area contributed by atoms with E-state index < -0.39 is 0 Å². The van der Waals surface area contributed by atoms with Crippen molar-refractivity contribution < 1.29 is 9.53 Å². The molecule has 0 aromatic rings. The SMILES string of the molecule is O=C(CCl)OCC1CC2CCC1C2. The predicted molar refractivity (Wildman–Crippen MR) is 50.6 cm³/mol. The summed E-state index contributed by atoms with van der Waals surface area (Å²) in [4.78, 5) is 10.8. The Bertz CT molecular complexity index is 205. The van der Waals surface area contributed by atoms with Gasteiger partial charge in [-0.15, -0.1) is 11.6 Å². The first-order chi connectivity index (χ1) is 6.29. The van der Waals surface area contributed by atoms with Gasteiger partial charge in [0.25, 0.3) is 0 Å². The van der Waals surface area contributed by atoms with Crippen LogP contribution in [0.25, 0.3) is 0 Å². The van der Waals surface area contributed by atoms with Gasteiger partial charge in [-0.1, -0.05) is 6.42 Å². The Hall–Kier alpha value is -0.240. The van der Waals surface area contributed by atoms with Gasteiger partial charge in [0.2, 0.25) is 0 Å². The lowest BCUT2D eigenvalue weighted by Gasteiger charge is -2.20. The third kappa shape index (κ3) is 1.98. The van der Waals surface area contributed by atoms with E-state index in [0.717, 1.165) is 11.8 Å². The Labute approximate surface area is 83.6 Å². The van der Waals surface area contributed by atoms with E-state index in [0.29, 0.717) is 12.5 Å². The Kier molecular flexibility index (Phi) is 2.77. The number of halogens is 1. The molecule has 0 heterocycles. The van der Waals surface area contributed by atoms with Gasteiger partial charge in [0.1, 0.15) is 5.88 Å². The van der Waals surface area contributed by atoms with Crippen LogP contribution in [0.4, 0.5) is 0 Å². The fraction of sp³-hybridized carbons (Fsp3) is 0.900. The van der Waals surface area contributed by atoms with Gasteiger partial charge in [-0.2, -0.15) is 0 Å². The summed E-state index contributed by atoms with van der Waals surface area (Å²) in [6.07, 6.45) is 5.36. The molecule has 3 heteroatoms. The fourth-order valence-electron chi connectivity index (χ4n) is 2.82. The number of carbonyl (C=O) groups excluding carboxylic acids is 1. The van der Waals surface area contributed by atoms with Crippen molar-refractivity contribution in [3.8, 4) is 0 Å². The summed E-state index contributed by atoms with van der Waals surface area (Å²) < 4.78 is 5.06. The smallest absolute Gasteiger partial charge is 0.320 e. The monoisotopic (exact) mass is 202 g/mol. The first-order valence-electron chi connectivity index (χ1n) is 5.01. The maximum atomic E-state index is 10.8. The van der Waals surface area contributed by atoms with E-state index in [1.54, 1.807) is 0 Å². The molecule has 13 heavy (non-hydrogen) atoms. The van der Waals surface area contributed by atoms with Gasteiger partial charge in [-0.05, 0) is 37.0 Å². The average Bonchev–Trinajstić information content (AvgIpc) is 2.74. The van der Waals surface area contributed by atoms with Gasteiger partial charge in [-0.25, -0.2) is 0 Å². The lowest BCUT2D eigenvalue weighted by atomic mass is 9.90. The van der Waals surface area contributed by atoms with Crippen LogP contribution in [0.15, 0.2) is 0 Å². The van der Waals surface area contributed by atoms with E-state index in [4.69, 9.17) is 16.3 Å². The van der Waals surface area contributed by atoms with Crippen molar-refractivity contribution in [2.24, 2.45) is 17.8 Å². The molecule has 3 unspecified atom stereocenters. The summed E-state index contributed by atoms with van der Waals surface area (Å²) in [5.74, 6) is 2.09. The van der Waals surface area contributed by atoms with Crippen molar-refractivity contribution in [2.75, 3.05) is 12.5 Å². The van der Waals surface area contributed by atoms with Crippen LogP contribution in [0.2, 0.25) is 0 Å². The molecule has 0 aliphatic heterocycles. The molecule has 2 nitrogen and oxygen atoms in total. The van der Waals surface area contributed by atoms with E-state index in [1.165, 1.54) is 25.7 Å². The minimum Gasteiger partial charge on any atom is -0.464 e. The highest BCUT2D eigenvalue weighted by Crippen LogP contribution is 2.48. The van der Waals surface area contributed by atoms with Crippen molar-refractivity contribution in [3.05, 3.63) is 0 Å². The second-order valence-corrected chi connectivity index (χ2v) is 4.52. The summed E-state index contributed by atoms with van der Waals surface area (Å²) >= 11 is 5.34. The van der Waals surface area contributed by atoms with Gasteiger partial charge < -0.3 is 4.74 Å². The molecule has 0 saturated heterocycles. The number of esters is 1. The molecule has 0 aromatic heterocycles. The Morgan fingerprint density at radius 2 is 2.23 bits per heavy atom. The fourth-order valence-corrected chi connectivity index (χ4v) is 2.90. The lowest BCUT2D eigenvalue weighted by Crippen LogP contribution is -2.19. The van der Waals surface area contributed by atoms with Crippen LogP contribution in [0.3, 0.4) is 0 Å². The summed E-state index contributed by atoms with van der Waals surface area (Å²) in [6.45, 7) is 0.604. The van der Waals surface area contributed by atoms with Crippen LogP contribution in [0, 0.1) is 17.8 Å². The van der Waals surface area contributed by atoms with Crippen molar-refractivity contribution in [1.29, 1.82) is 0 Å². The number of ether oxygens (including phenoxy) is 1. The minimum absolute atomic E-state index is 0.0131. The molecular weight excluding hydrogens is 188 g/mol. The second kappa shape index (κ2) is 3.87. The van der Waals surface area contributed by atoms with Crippen LogP contribution in [-0.4, -0.2) is 18.5 Å². The molecule has 3 atom stereocenters. The summed E-state index contributed by atoms with van der Waals surface area (Å²) in [6, 6.07) is 0.